The van der Waals surface area contributed by atoms with E-state index in [1.165, 1.54) is 4.57 Å². The number of aryl methyl sites for hydroxylation is 2. The monoisotopic (exact) mass is 499 g/mol. The number of nitrogens with zero attached hydrogens (tertiary/aromatic N) is 2. The highest BCUT2D eigenvalue weighted by molar-refractivity contribution is 6.05. The lowest BCUT2D eigenvalue weighted by atomic mass is 10.00. The molecule has 1 saturated heterocycles. The second kappa shape index (κ2) is 9.98. The smallest absolute Gasteiger partial charge is 0.378 e. The number of carbonyl (C=O) groups is 2. The van der Waals surface area contributed by atoms with Crippen LogP contribution in [0, 0.1) is 6.92 Å². The quantitative estimate of drug-likeness (QED) is 0.530. The number of hydrogen-bond acceptors (Lipinski definition) is 5. The van der Waals surface area contributed by atoms with E-state index >= 15 is 0 Å². The molecule has 1 N–H and O–H groups in total. The van der Waals surface area contributed by atoms with E-state index in [1.54, 1.807) is 37.5 Å². The molecular formula is C26H24F3N3O4. The first-order valence-corrected chi connectivity index (χ1v) is 11.2. The van der Waals surface area contributed by atoms with Crippen LogP contribution >= 0.6 is 0 Å². The molecule has 0 atom stereocenters. The number of anilines is 2. The lowest BCUT2D eigenvalue weighted by Crippen LogP contribution is -2.40. The number of nitrogens with one attached hydrogen (secondary N) is 1. The second-order valence-corrected chi connectivity index (χ2v) is 8.57. The number of halogens is 3. The fraction of sp³-hybridized carbons (Fsp3) is 0.269. The van der Waals surface area contributed by atoms with E-state index in [9.17, 15) is 27.6 Å². The topological polar surface area (TPSA) is 80.6 Å². The number of aldehydes is 1. The normalized spacial score (nSPS) is 14.0. The molecule has 2 aromatic carbocycles. The van der Waals surface area contributed by atoms with Gasteiger partial charge in [0, 0.05) is 48.7 Å². The van der Waals surface area contributed by atoms with Crippen molar-refractivity contribution in [1.82, 2.24) is 4.57 Å². The molecule has 10 heteroatoms. The lowest BCUT2D eigenvalue weighted by Gasteiger charge is -2.29. The second-order valence-electron chi connectivity index (χ2n) is 8.57. The Labute approximate surface area is 205 Å². The van der Waals surface area contributed by atoms with Crippen LogP contribution < -0.4 is 15.8 Å². The molecule has 1 aromatic heterocycles. The van der Waals surface area contributed by atoms with Gasteiger partial charge >= 0.3 is 6.18 Å². The Hall–Kier alpha value is -3.92. The minimum atomic E-state index is -4.70. The zero-order valence-corrected chi connectivity index (χ0v) is 19.7. The fourth-order valence-electron chi connectivity index (χ4n) is 4.10. The van der Waals surface area contributed by atoms with Crippen LogP contribution in [-0.2, 0) is 18.0 Å². The number of benzene rings is 2. The molecule has 0 unspecified atom stereocenters. The Morgan fingerprint density at radius 2 is 1.81 bits per heavy atom. The molecule has 0 spiro atoms. The molecule has 188 valence electrons. The van der Waals surface area contributed by atoms with Crippen LogP contribution in [0.15, 0.2) is 53.5 Å². The van der Waals surface area contributed by atoms with Gasteiger partial charge in [0.1, 0.15) is 12.0 Å². The van der Waals surface area contributed by atoms with E-state index in [0.29, 0.717) is 49.8 Å². The highest BCUT2D eigenvalue weighted by atomic mass is 19.4. The Morgan fingerprint density at radius 1 is 1.08 bits per heavy atom. The van der Waals surface area contributed by atoms with Crippen LogP contribution in [0.5, 0.6) is 0 Å². The summed E-state index contributed by atoms with van der Waals surface area (Å²) < 4.78 is 46.5. The van der Waals surface area contributed by atoms with Crippen molar-refractivity contribution in [3.8, 4) is 11.1 Å². The van der Waals surface area contributed by atoms with Crippen molar-refractivity contribution < 1.29 is 27.5 Å². The van der Waals surface area contributed by atoms with E-state index in [0.717, 1.165) is 22.8 Å². The maximum absolute atomic E-state index is 13.2. The maximum atomic E-state index is 13.2. The van der Waals surface area contributed by atoms with Gasteiger partial charge in [-0.2, -0.15) is 13.2 Å². The fourth-order valence-corrected chi connectivity index (χ4v) is 4.10. The number of morpholine rings is 1. The molecule has 7 nitrogen and oxygen atoms in total. The summed E-state index contributed by atoms with van der Waals surface area (Å²) in [5, 5.41) is 2.61. The molecule has 3 aromatic rings. The van der Waals surface area contributed by atoms with Gasteiger partial charge in [0.15, 0.2) is 0 Å². The predicted octanol–water partition coefficient (Wildman–Crippen LogP) is 4.28. The standard InChI is InChI=1S/C26H24F3N3O4/c1-16-3-4-21(30-24(34)18-9-17(15-33)10-20(11-18)26(27,28)29)13-22(16)19-12-23(25(35)31(2)14-19)32-5-7-36-8-6-32/h3-4,9-15H,5-8H2,1-2H3,(H,30,34). The van der Waals surface area contributed by atoms with E-state index < -0.39 is 17.6 Å². The van der Waals surface area contributed by atoms with E-state index in [4.69, 9.17) is 4.74 Å². The Balaban J connectivity index is 1.68. The summed E-state index contributed by atoms with van der Waals surface area (Å²) in [6.07, 6.45) is -2.74. The van der Waals surface area contributed by atoms with Gasteiger partial charge in [-0.05, 0) is 54.4 Å². The Bertz CT molecular complexity index is 1380. The van der Waals surface area contributed by atoms with Gasteiger partial charge in [0.25, 0.3) is 11.5 Å². The molecule has 4 rings (SSSR count). The lowest BCUT2D eigenvalue weighted by molar-refractivity contribution is -0.137. The highest BCUT2D eigenvalue weighted by Crippen LogP contribution is 2.32. The molecule has 0 saturated carbocycles. The SMILES string of the molecule is Cc1ccc(NC(=O)c2cc(C=O)cc(C(F)(F)F)c2)cc1-c1cc(N2CCOCC2)c(=O)n(C)c1. The minimum Gasteiger partial charge on any atom is -0.378 e. The number of aromatic nitrogens is 1. The Morgan fingerprint density at radius 3 is 2.47 bits per heavy atom. The molecule has 1 fully saturated rings. The van der Waals surface area contributed by atoms with Gasteiger partial charge in [-0.25, -0.2) is 0 Å². The summed E-state index contributed by atoms with van der Waals surface area (Å²) in [6, 6.07) is 9.41. The predicted molar refractivity (Wildman–Crippen MR) is 130 cm³/mol. The van der Waals surface area contributed by atoms with Crippen LogP contribution in [0.25, 0.3) is 11.1 Å². The van der Waals surface area contributed by atoms with Gasteiger partial charge in [0.2, 0.25) is 0 Å². The third kappa shape index (κ3) is 5.33. The van der Waals surface area contributed by atoms with E-state index in [2.05, 4.69) is 5.32 Å². The summed E-state index contributed by atoms with van der Waals surface area (Å²) in [7, 11) is 1.66. The average molecular weight is 499 g/mol. The summed E-state index contributed by atoms with van der Waals surface area (Å²) in [5.41, 5.74) is 1.50. The van der Waals surface area contributed by atoms with E-state index in [-0.39, 0.29) is 23.0 Å². The molecular weight excluding hydrogens is 475 g/mol. The van der Waals surface area contributed by atoms with E-state index in [1.807, 2.05) is 11.8 Å². The molecule has 1 amide bonds. The van der Waals surface area contributed by atoms with Gasteiger partial charge in [0.05, 0.1) is 18.8 Å². The van der Waals surface area contributed by atoms with Crippen molar-refractivity contribution in [2.45, 2.75) is 13.1 Å². The number of amides is 1. The van der Waals surface area contributed by atoms with Crippen molar-refractivity contribution in [2.24, 2.45) is 7.05 Å². The number of hydrogen-bond donors (Lipinski definition) is 1. The first kappa shape index (κ1) is 25.2. The first-order chi connectivity index (χ1) is 17.1. The molecule has 36 heavy (non-hydrogen) atoms. The highest BCUT2D eigenvalue weighted by Gasteiger charge is 2.32. The van der Waals surface area contributed by atoms with Gasteiger partial charge in [-0.15, -0.1) is 0 Å². The van der Waals surface area contributed by atoms with Crippen molar-refractivity contribution in [2.75, 3.05) is 36.5 Å². The van der Waals surface area contributed by atoms with Gasteiger partial charge < -0.3 is 19.5 Å². The number of alkyl halides is 3. The molecule has 2 heterocycles. The summed E-state index contributed by atoms with van der Waals surface area (Å²) in [5.74, 6) is -0.784. The third-order valence-corrected chi connectivity index (χ3v) is 6.00. The number of rotatable bonds is 5. The number of ether oxygens (including phenoxy) is 1. The molecule has 0 aliphatic carbocycles. The summed E-state index contributed by atoms with van der Waals surface area (Å²) >= 11 is 0. The van der Waals surface area contributed by atoms with Crippen molar-refractivity contribution in [3.05, 3.63) is 81.3 Å². The molecule has 0 radical (unpaired) electrons. The molecule has 1 aliphatic heterocycles. The zero-order chi connectivity index (χ0) is 26.0. The largest absolute Gasteiger partial charge is 0.416 e. The van der Waals surface area contributed by atoms with Gasteiger partial charge in [-0.1, -0.05) is 6.07 Å². The first-order valence-electron chi connectivity index (χ1n) is 11.2. The zero-order valence-electron chi connectivity index (χ0n) is 19.7. The van der Waals surface area contributed by atoms with Crippen LogP contribution in [0.4, 0.5) is 24.5 Å². The summed E-state index contributed by atoms with van der Waals surface area (Å²) in [4.78, 5) is 38.7. The Kier molecular flexibility index (Phi) is 6.98. The van der Waals surface area contributed by atoms with Crippen molar-refractivity contribution >= 4 is 23.6 Å². The van der Waals surface area contributed by atoms with Crippen molar-refractivity contribution in [1.29, 1.82) is 0 Å². The van der Waals surface area contributed by atoms with Gasteiger partial charge in [-0.3, -0.25) is 14.4 Å². The average Bonchev–Trinajstić information content (AvgIpc) is 2.86. The van der Waals surface area contributed by atoms with Crippen molar-refractivity contribution in [3.63, 3.8) is 0 Å². The maximum Gasteiger partial charge on any atom is 0.416 e. The van der Waals surface area contributed by atoms with Crippen LogP contribution in [0.2, 0.25) is 0 Å². The minimum absolute atomic E-state index is 0.140. The third-order valence-electron chi connectivity index (χ3n) is 6.00. The van der Waals surface area contributed by atoms with Crippen LogP contribution in [0.1, 0.15) is 31.8 Å². The summed E-state index contributed by atoms with van der Waals surface area (Å²) in [6.45, 7) is 4.11. The molecule has 0 bridgehead atoms. The number of carbonyl (C=O) groups excluding carboxylic acids is 2. The van der Waals surface area contributed by atoms with Crippen LogP contribution in [0.3, 0.4) is 0 Å². The number of pyridine rings is 1. The van der Waals surface area contributed by atoms with Crippen LogP contribution in [-0.4, -0.2) is 43.1 Å². The molecule has 1 aliphatic rings.